The summed E-state index contributed by atoms with van der Waals surface area (Å²) in [6.45, 7) is 12.2. The van der Waals surface area contributed by atoms with Crippen molar-refractivity contribution >= 4 is 29.1 Å². The van der Waals surface area contributed by atoms with Gasteiger partial charge in [0.1, 0.15) is 17.4 Å². The predicted molar refractivity (Wildman–Crippen MR) is 165 cm³/mol. The van der Waals surface area contributed by atoms with E-state index in [0.29, 0.717) is 30.0 Å². The minimum absolute atomic E-state index is 0.103. The fraction of sp³-hybridized carbons (Fsp3) is 0.441. The lowest BCUT2D eigenvalue weighted by molar-refractivity contribution is -0.146. The molecule has 5 rings (SSSR count). The van der Waals surface area contributed by atoms with E-state index in [4.69, 9.17) is 9.47 Å². The van der Waals surface area contributed by atoms with E-state index in [2.05, 4.69) is 13.2 Å². The molecule has 2 aromatic carbocycles. The minimum Gasteiger partial charge on any atom is -0.497 e. The largest absolute Gasteiger partial charge is 0.497 e. The van der Waals surface area contributed by atoms with Crippen LogP contribution in [0, 0.1) is 17.8 Å². The molecule has 3 amide bonds. The highest BCUT2D eigenvalue weighted by molar-refractivity contribution is 6.07. The van der Waals surface area contributed by atoms with Gasteiger partial charge in [-0.15, -0.1) is 13.2 Å². The molecule has 0 saturated carbocycles. The molecule has 9 nitrogen and oxygen atoms in total. The smallest absolute Gasteiger partial charge is 0.253 e. The van der Waals surface area contributed by atoms with Crippen LogP contribution in [-0.2, 0) is 19.1 Å². The van der Waals surface area contributed by atoms with Crippen LogP contribution in [0.2, 0.25) is 0 Å². The van der Waals surface area contributed by atoms with Crippen molar-refractivity contribution < 1.29 is 29.0 Å². The van der Waals surface area contributed by atoms with Gasteiger partial charge < -0.3 is 29.3 Å². The zero-order valence-electron chi connectivity index (χ0n) is 25.1. The Bertz CT molecular complexity index is 1380. The van der Waals surface area contributed by atoms with Crippen molar-refractivity contribution in [3.63, 3.8) is 0 Å². The van der Waals surface area contributed by atoms with E-state index in [-0.39, 0.29) is 49.9 Å². The number of para-hydroxylation sites is 1. The number of carbonyl (C=O) groups excluding carboxylic acids is 3. The number of anilines is 2. The SMILES string of the molecule is C=CCN(C(=O)C1N(CCCO)C(=O)[C@@H]2[C@H](C(=O)N(CC=C)c3ccccc3)[C@@]3(C)OC12CC3C)c1ccc(OC)cc1. The number of amides is 3. The molecule has 6 atom stereocenters. The van der Waals surface area contributed by atoms with E-state index in [0.717, 1.165) is 0 Å². The van der Waals surface area contributed by atoms with Crippen LogP contribution in [0.15, 0.2) is 79.9 Å². The molecule has 0 radical (unpaired) electrons. The molecule has 2 bridgehead atoms. The average molecular weight is 588 g/mol. The number of ether oxygens (including phenoxy) is 2. The molecule has 228 valence electrons. The average Bonchev–Trinajstić information content (AvgIpc) is 3.53. The molecule has 3 heterocycles. The van der Waals surface area contributed by atoms with Crippen LogP contribution in [0.25, 0.3) is 0 Å². The van der Waals surface area contributed by atoms with Gasteiger partial charge in [0.05, 0.1) is 24.5 Å². The number of aliphatic hydroxyl groups excluding tert-OH is 1. The number of rotatable bonds is 12. The monoisotopic (exact) mass is 587 g/mol. The number of methoxy groups -OCH3 is 1. The van der Waals surface area contributed by atoms with Crippen LogP contribution in [-0.4, -0.2) is 78.3 Å². The first-order valence-electron chi connectivity index (χ1n) is 14.8. The lowest BCUT2D eigenvalue weighted by Crippen LogP contribution is -2.57. The molecule has 43 heavy (non-hydrogen) atoms. The Hall–Kier alpha value is -3.95. The van der Waals surface area contributed by atoms with Crippen molar-refractivity contribution in [3.05, 3.63) is 79.9 Å². The Morgan fingerprint density at radius 1 is 1.05 bits per heavy atom. The van der Waals surface area contributed by atoms with Crippen molar-refractivity contribution in [3.8, 4) is 5.75 Å². The van der Waals surface area contributed by atoms with Crippen LogP contribution in [0.1, 0.15) is 26.7 Å². The molecule has 3 aliphatic rings. The highest BCUT2D eigenvalue weighted by atomic mass is 16.5. The molecule has 0 aliphatic carbocycles. The van der Waals surface area contributed by atoms with Crippen LogP contribution in [0.4, 0.5) is 11.4 Å². The Kier molecular flexibility index (Phi) is 8.49. The van der Waals surface area contributed by atoms with Crippen molar-refractivity contribution in [1.29, 1.82) is 0 Å². The highest BCUT2D eigenvalue weighted by Gasteiger charge is 2.80. The molecule has 0 aromatic heterocycles. The van der Waals surface area contributed by atoms with Crippen molar-refractivity contribution in [2.75, 3.05) is 43.2 Å². The molecule has 9 heteroatoms. The maximum atomic E-state index is 14.7. The van der Waals surface area contributed by atoms with Crippen LogP contribution >= 0.6 is 0 Å². The molecule has 1 spiro atoms. The standard InChI is InChI=1S/C34H41N3O6/c1-6-18-35(24-12-9-8-10-13-24)30(39)27-28-31(40)37(20-11-21-38)29(34(28)22-23(3)33(27,4)43-34)32(41)36(19-7-2)25-14-16-26(42-5)17-15-25/h6-10,12-17,23,27-29,38H,1-2,11,18-22H2,3-5H3/t23?,27-,28+,29?,33+,34?/m1/s1. The first-order chi connectivity index (χ1) is 20.7. The number of carbonyl (C=O) groups is 3. The normalized spacial score (nSPS) is 28.8. The van der Waals surface area contributed by atoms with E-state index < -0.39 is 29.1 Å². The molecule has 3 unspecified atom stereocenters. The third-order valence-electron chi connectivity index (χ3n) is 9.48. The number of hydrogen-bond acceptors (Lipinski definition) is 6. The van der Waals surface area contributed by atoms with Crippen LogP contribution in [0.5, 0.6) is 5.75 Å². The second-order valence-electron chi connectivity index (χ2n) is 11.8. The Morgan fingerprint density at radius 2 is 1.65 bits per heavy atom. The molecule has 2 aromatic rings. The first-order valence-corrected chi connectivity index (χ1v) is 14.8. The third-order valence-corrected chi connectivity index (χ3v) is 9.48. The van der Waals surface area contributed by atoms with Gasteiger partial charge in [-0.2, -0.15) is 0 Å². The number of aliphatic hydroxyl groups is 1. The van der Waals surface area contributed by atoms with Crippen molar-refractivity contribution in [1.82, 2.24) is 4.90 Å². The summed E-state index contributed by atoms with van der Waals surface area (Å²) in [7, 11) is 1.57. The van der Waals surface area contributed by atoms with Crippen LogP contribution < -0.4 is 14.5 Å². The van der Waals surface area contributed by atoms with Gasteiger partial charge in [0.2, 0.25) is 11.8 Å². The maximum Gasteiger partial charge on any atom is 0.253 e. The molecular formula is C34H41N3O6. The van der Waals surface area contributed by atoms with E-state index in [1.807, 2.05) is 44.2 Å². The van der Waals surface area contributed by atoms with Gasteiger partial charge in [0, 0.05) is 37.6 Å². The lowest BCUT2D eigenvalue weighted by Gasteiger charge is -2.39. The molecular weight excluding hydrogens is 546 g/mol. The summed E-state index contributed by atoms with van der Waals surface area (Å²) >= 11 is 0. The summed E-state index contributed by atoms with van der Waals surface area (Å²) in [5.74, 6) is -1.95. The fourth-order valence-corrected chi connectivity index (χ4v) is 7.46. The Balaban J connectivity index is 1.60. The first kappa shape index (κ1) is 30.5. The van der Waals surface area contributed by atoms with Gasteiger partial charge >= 0.3 is 0 Å². The Labute approximate surface area is 253 Å². The van der Waals surface area contributed by atoms with Crippen molar-refractivity contribution in [2.45, 2.75) is 43.9 Å². The zero-order valence-corrected chi connectivity index (χ0v) is 25.1. The van der Waals surface area contributed by atoms with E-state index in [9.17, 15) is 19.5 Å². The number of hydrogen-bond donors (Lipinski definition) is 1. The lowest BCUT2D eigenvalue weighted by atomic mass is 9.62. The molecule has 3 saturated heterocycles. The van der Waals surface area contributed by atoms with E-state index in [1.165, 1.54) is 0 Å². The van der Waals surface area contributed by atoms with Gasteiger partial charge in [0.15, 0.2) is 0 Å². The second kappa shape index (κ2) is 12.0. The fourth-order valence-electron chi connectivity index (χ4n) is 7.46. The molecule has 3 aliphatic heterocycles. The van der Waals surface area contributed by atoms with Crippen molar-refractivity contribution in [2.24, 2.45) is 17.8 Å². The quantitative estimate of drug-likeness (QED) is 0.379. The Morgan fingerprint density at radius 3 is 2.23 bits per heavy atom. The second-order valence-corrected chi connectivity index (χ2v) is 11.8. The van der Waals surface area contributed by atoms with Gasteiger partial charge in [-0.3, -0.25) is 14.4 Å². The summed E-state index contributed by atoms with van der Waals surface area (Å²) in [6, 6.07) is 15.5. The summed E-state index contributed by atoms with van der Waals surface area (Å²) in [5.41, 5.74) is -0.843. The number of nitrogens with zero attached hydrogens (tertiary/aromatic N) is 3. The molecule has 3 fully saturated rings. The zero-order chi connectivity index (χ0) is 30.9. The molecule has 1 N–H and O–H groups in total. The summed E-state index contributed by atoms with van der Waals surface area (Å²) in [4.78, 5) is 48.5. The number of fused-ring (bicyclic) bond motifs is 1. The highest BCUT2D eigenvalue weighted by Crippen LogP contribution is 2.65. The summed E-state index contributed by atoms with van der Waals surface area (Å²) in [5, 5.41) is 9.71. The number of likely N-dealkylation sites (tertiary alicyclic amines) is 1. The number of benzene rings is 2. The summed E-state index contributed by atoms with van der Waals surface area (Å²) in [6.07, 6.45) is 4.05. The van der Waals surface area contributed by atoms with Gasteiger partial charge in [-0.05, 0) is 62.1 Å². The topological polar surface area (TPSA) is 99.6 Å². The van der Waals surface area contributed by atoms with E-state index >= 15 is 0 Å². The summed E-state index contributed by atoms with van der Waals surface area (Å²) < 4.78 is 12.2. The van der Waals surface area contributed by atoms with Crippen LogP contribution in [0.3, 0.4) is 0 Å². The van der Waals surface area contributed by atoms with Gasteiger partial charge in [0.25, 0.3) is 5.91 Å². The van der Waals surface area contributed by atoms with Gasteiger partial charge in [-0.1, -0.05) is 37.3 Å². The predicted octanol–water partition coefficient (Wildman–Crippen LogP) is 3.83. The third kappa shape index (κ3) is 4.84. The minimum atomic E-state index is -1.21. The van der Waals surface area contributed by atoms with Gasteiger partial charge in [-0.25, -0.2) is 0 Å². The van der Waals surface area contributed by atoms with E-state index in [1.54, 1.807) is 58.2 Å². The maximum absolute atomic E-state index is 14.7.